The fourth-order valence-corrected chi connectivity index (χ4v) is 1.28. The van der Waals surface area contributed by atoms with E-state index < -0.39 is 5.97 Å². The molecule has 0 spiro atoms. The van der Waals surface area contributed by atoms with Crippen LogP contribution >= 0.6 is 0 Å². The zero-order valence-corrected chi connectivity index (χ0v) is 14.1. The van der Waals surface area contributed by atoms with Crippen molar-refractivity contribution in [3.8, 4) is 5.69 Å². The zero-order valence-electron chi connectivity index (χ0n) is 9.32. The van der Waals surface area contributed by atoms with Crippen molar-refractivity contribution in [3.63, 3.8) is 0 Å². The second kappa shape index (κ2) is 7.42. The van der Waals surface area contributed by atoms with E-state index in [-0.39, 0.29) is 69.8 Å². The van der Waals surface area contributed by atoms with E-state index in [4.69, 9.17) is 12.6 Å². The van der Waals surface area contributed by atoms with Crippen molar-refractivity contribution < 1.29 is 69.0 Å². The van der Waals surface area contributed by atoms with Crippen LogP contribution in [0.15, 0.2) is 29.4 Å². The number of tetrazole rings is 1. The van der Waals surface area contributed by atoms with Gasteiger partial charge in [0.15, 0.2) is 0 Å². The van der Waals surface area contributed by atoms with Crippen LogP contribution < -0.4 is 64.2 Å². The third-order valence-corrected chi connectivity index (χ3v) is 2.02. The quantitative estimate of drug-likeness (QED) is 0.397. The molecule has 0 aliphatic heterocycles. The summed E-state index contributed by atoms with van der Waals surface area (Å²) in [6, 6.07) is 6.03. The predicted octanol–water partition coefficient (Wildman–Crippen LogP) is -7.06. The number of aromatic nitrogens is 4. The van der Waals surface area contributed by atoms with Crippen molar-refractivity contribution >= 4 is 18.6 Å². The first-order chi connectivity index (χ1) is 7.18. The van der Waals surface area contributed by atoms with Crippen LogP contribution in [-0.4, -0.2) is 26.2 Å². The molecule has 17 heavy (non-hydrogen) atoms. The van der Waals surface area contributed by atoms with E-state index in [0.29, 0.717) is 5.69 Å². The molecule has 0 bridgehead atoms. The largest absolute Gasteiger partial charge is 1.00 e. The molecule has 1 heterocycles. The Labute approximate surface area is 147 Å². The van der Waals surface area contributed by atoms with Crippen molar-refractivity contribution in [1.29, 1.82) is 0 Å². The molecule has 0 fully saturated rings. The number of carboxylic acids is 1. The van der Waals surface area contributed by atoms with Crippen LogP contribution in [0.25, 0.3) is 5.69 Å². The van der Waals surface area contributed by atoms with Crippen molar-refractivity contribution in [1.82, 2.24) is 20.2 Å². The van der Waals surface area contributed by atoms with Crippen LogP contribution in [0.1, 0.15) is 10.4 Å². The molecule has 6 nitrogen and oxygen atoms in total. The summed E-state index contributed by atoms with van der Waals surface area (Å²) in [6.07, 6.45) is 0. The Morgan fingerprint density at radius 2 is 2.06 bits per heavy atom. The normalized spacial score (nSPS) is 8.94. The van der Waals surface area contributed by atoms with Gasteiger partial charge in [0.2, 0.25) is 0 Å². The topological polar surface area (TPSA) is 83.7 Å². The van der Waals surface area contributed by atoms with E-state index >= 15 is 0 Å². The van der Waals surface area contributed by atoms with Crippen LogP contribution in [0.2, 0.25) is 0 Å². The van der Waals surface area contributed by atoms with Gasteiger partial charge in [0.1, 0.15) is 0 Å². The second-order valence-electron chi connectivity index (χ2n) is 2.71. The molecule has 76 valence electrons. The van der Waals surface area contributed by atoms with Crippen molar-refractivity contribution in [2.24, 2.45) is 0 Å². The molecular weight excluding hydrogens is 262 g/mol. The maximum absolute atomic E-state index is 10.6. The number of benzene rings is 1. The van der Waals surface area contributed by atoms with Crippen LogP contribution in [0.5, 0.6) is 0 Å². The van der Waals surface area contributed by atoms with Crippen molar-refractivity contribution in [3.05, 3.63) is 29.8 Å². The van der Waals surface area contributed by atoms with Gasteiger partial charge in [-0.25, -0.2) is 4.68 Å². The van der Waals surface area contributed by atoms with Gasteiger partial charge in [0, 0.05) is 5.16 Å². The third-order valence-electron chi connectivity index (χ3n) is 1.77. The minimum Gasteiger partial charge on any atom is -0.738 e. The number of nitrogens with zero attached hydrogens (tertiary/aromatic N) is 4. The molecule has 0 aliphatic carbocycles. The SMILES string of the molecule is O=C([O-])c1cccc(-n2nnnc2[S-])c1.[Na+].[Na+]. The van der Waals surface area contributed by atoms with Crippen molar-refractivity contribution in [2.75, 3.05) is 0 Å². The predicted molar refractivity (Wildman–Crippen MR) is 49.1 cm³/mol. The Balaban J connectivity index is 0.00000128. The smallest absolute Gasteiger partial charge is 0.738 e. The Morgan fingerprint density at radius 1 is 1.35 bits per heavy atom. The summed E-state index contributed by atoms with van der Waals surface area (Å²) < 4.78 is 1.27. The van der Waals surface area contributed by atoms with Gasteiger partial charge in [0.05, 0.1) is 11.7 Å². The molecule has 0 saturated carbocycles. The molecule has 0 radical (unpaired) electrons. The molecule has 0 atom stereocenters. The summed E-state index contributed by atoms with van der Waals surface area (Å²) >= 11 is 4.84. The molecule has 1 aromatic carbocycles. The van der Waals surface area contributed by atoms with E-state index in [1.54, 1.807) is 12.1 Å². The van der Waals surface area contributed by atoms with Gasteiger partial charge in [-0.3, -0.25) is 0 Å². The number of rotatable bonds is 2. The number of hydrogen-bond acceptors (Lipinski definition) is 6. The minimum absolute atomic E-state index is 0. The van der Waals surface area contributed by atoms with E-state index in [9.17, 15) is 9.90 Å². The first-order valence-electron chi connectivity index (χ1n) is 3.95. The fourth-order valence-electron chi connectivity index (χ4n) is 1.11. The number of carbonyl (C=O) groups excluding carboxylic acids is 1. The molecular formula is C8H4N4Na2O2S. The zero-order chi connectivity index (χ0) is 10.8. The van der Waals surface area contributed by atoms with Gasteiger partial charge < -0.3 is 22.5 Å². The summed E-state index contributed by atoms with van der Waals surface area (Å²) in [6.45, 7) is 0. The number of carbonyl (C=O) groups is 1. The molecule has 9 heteroatoms. The third kappa shape index (κ3) is 3.99. The average Bonchev–Trinajstić information content (AvgIpc) is 2.64. The standard InChI is InChI=1S/C8H6N4O2S.2Na/c13-7(14)5-2-1-3-6(4-5)12-8(15)9-10-11-12;;/h1-4H,(H,13,14)(H,9,11,15);;/q;2*+1/p-2. The van der Waals surface area contributed by atoms with E-state index in [2.05, 4.69) is 15.5 Å². The average molecular weight is 266 g/mol. The van der Waals surface area contributed by atoms with Crippen molar-refractivity contribution in [2.45, 2.75) is 5.16 Å². The van der Waals surface area contributed by atoms with Gasteiger partial charge in [-0.05, 0) is 28.1 Å². The number of hydrogen-bond donors (Lipinski definition) is 0. The van der Waals surface area contributed by atoms with Crippen LogP contribution in [0, 0.1) is 0 Å². The summed E-state index contributed by atoms with van der Waals surface area (Å²) in [5.74, 6) is -1.25. The maximum atomic E-state index is 10.6. The van der Waals surface area contributed by atoms with E-state index in [1.807, 2.05) is 0 Å². The molecule has 0 aliphatic rings. The molecule has 0 N–H and O–H groups in total. The van der Waals surface area contributed by atoms with E-state index in [0.717, 1.165) is 0 Å². The maximum Gasteiger partial charge on any atom is 1.00 e. The second-order valence-corrected chi connectivity index (χ2v) is 3.08. The van der Waals surface area contributed by atoms with Crippen LogP contribution in [0.4, 0.5) is 0 Å². The van der Waals surface area contributed by atoms with Gasteiger partial charge in [0.25, 0.3) is 0 Å². The Morgan fingerprint density at radius 3 is 2.59 bits per heavy atom. The molecule has 0 saturated heterocycles. The molecule has 0 unspecified atom stereocenters. The summed E-state index contributed by atoms with van der Waals surface area (Å²) in [4.78, 5) is 10.6. The fraction of sp³-hybridized carbons (Fsp3) is 0. The van der Waals surface area contributed by atoms with Crippen LogP contribution in [-0.2, 0) is 12.6 Å². The Bertz CT molecular complexity index is 520. The van der Waals surface area contributed by atoms with Gasteiger partial charge in [-0.2, -0.15) is 0 Å². The molecule has 0 amide bonds. The minimum atomic E-state index is -1.25. The Kier molecular flexibility index (Phi) is 7.41. The number of aromatic carboxylic acids is 1. The first kappa shape index (κ1) is 17.0. The summed E-state index contributed by atoms with van der Waals surface area (Å²) in [5.41, 5.74) is 0.545. The molecule has 2 aromatic rings. The molecule has 1 aromatic heterocycles. The van der Waals surface area contributed by atoms with Gasteiger partial charge in [-0.1, -0.05) is 12.1 Å². The molecule has 2 rings (SSSR count). The van der Waals surface area contributed by atoms with Gasteiger partial charge >= 0.3 is 59.1 Å². The van der Waals surface area contributed by atoms with E-state index in [1.165, 1.54) is 16.8 Å². The summed E-state index contributed by atoms with van der Waals surface area (Å²) in [7, 11) is 0. The Hall–Kier alpha value is -0.0200. The monoisotopic (exact) mass is 266 g/mol. The van der Waals surface area contributed by atoms with Gasteiger partial charge in [-0.15, -0.1) is 5.10 Å². The number of carboxylic acid groups (broad SMARTS) is 1. The summed E-state index contributed by atoms with van der Waals surface area (Å²) in [5, 5.41) is 21.3. The first-order valence-corrected chi connectivity index (χ1v) is 4.36. The van der Waals surface area contributed by atoms with Crippen LogP contribution in [0.3, 0.4) is 0 Å².